The number of amides is 2. The molecule has 1 heterocycles. The Morgan fingerprint density at radius 2 is 2.19 bits per heavy atom. The minimum atomic E-state index is -4.39. The van der Waals surface area contributed by atoms with Gasteiger partial charge in [-0.2, -0.15) is 13.2 Å². The van der Waals surface area contributed by atoms with Crippen LogP contribution in [0.15, 0.2) is 36.9 Å². The third-order valence-corrected chi connectivity index (χ3v) is 3.00. The molecule has 0 aromatic heterocycles. The molecule has 1 saturated heterocycles. The molecule has 0 spiro atoms. The van der Waals surface area contributed by atoms with E-state index >= 15 is 0 Å². The normalized spacial score (nSPS) is 15.3. The van der Waals surface area contributed by atoms with Crippen LogP contribution >= 0.6 is 0 Å². The number of nitrogens with zero attached hydrogens (tertiary/aromatic N) is 1. The standard InChI is InChI=1S/C14H15F3N2O2/c1-2-6-18-13(20)19-8-12(9-19)21-11-5-3-4-10(7-11)14(15,16)17/h2-5,7,12H,1,6,8-9H2,(H,18,20). The van der Waals surface area contributed by atoms with Crippen LogP contribution in [0.5, 0.6) is 5.75 Å². The Hall–Kier alpha value is -2.18. The molecule has 0 atom stereocenters. The summed E-state index contributed by atoms with van der Waals surface area (Å²) in [5.41, 5.74) is -0.750. The van der Waals surface area contributed by atoms with Gasteiger partial charge in [0.2, 0.25) is 0 Å². The van der Waals surface area contributed by atoms with Crippen LogP contribution in [-0.4, -0.2) is 36.7 Å². The third-order valence-electron chi connectivity index (χ3n) is 3.00. The van der Waals surface area contributed by atoms with E-state index in [-0.39, 0.29) is 17.9 Å². The zero-order valence-corrected chi connectivity index (χ0v) is 11.2. The number of carbonyl (C=O) groups excluding carboxylic acids is 1. The number of carbonyl (C=O) groups is 1. The van der Waals surface area contributed by atoms with Crippen molar-refractivity contribution in [1.82, 2.24) is 10.2 Å². The van der Waals surface area contributed by atoms with Crippen molar-refractivity contribution in [2.75, 3.05) is 19.6 Å². The number of hydrogen-bond donors (Lipinski definition) is 1. The summed E-state index contributed by atoms with van der Waals surface area (Å²) >= 11 is 0. The van der Waals surface area contributed by atoms with E-state index in [0.717, 1.165) is 12.1 Å². The molecule has 0 saturated carbocycles. The predicted octanol–water partition coefficient (Wildman–Crippen LogP) is 2.66. The minimum absolute atomic E-state index is 0.154. The molecule has 7 heteroatoms. The first-order chi connectivity index (χ1) is 9.90. The molecular formula is C14H15F3N2O2. The number of likely N-dealkylation sites (tertiary alicyclic amines) is 1. The molecule has 0 bridgehead atoms. The van der Waals surface area contributed by atoms with Crippen LogP contribution in [0.3, 0.4) is 0 Å². The summed E-state index contributed by atoms with van der Waals surface area (Å²) in [5, 5.41) is 2.61. The molecule has 0 unspecified atom stereocenters. The summed E-state index contributed by atoms with van der Waals surface area (Å²) in [5.74, 6) is 0.154. The van der Waals surface area contributed by atoms with Gasteiger partial charge in [-0.1, -0.05) is 12.1 Å². The van der Waals surface area contributed by atoms with Gasteiger partial charge in [-0.05, 0) is 18.2 Å². The van der Waals surface area contributed by atoms with Gasteiger partial charge >= 0.3 is 12.2 Å². The average Bonchev–Trinajstić information content (AvgIpc) is 2.39. The van der Waals surface area contributed by atoms with Crippen molar-refractivity contribution in [2.24, 2.45) is 0 Å². The number of halogens is 3. The fourth-order valence-electron chi connectivity index (χ4n) is 1.89. The highest BCUT2D eigenvalue weighted by Gasteiger charge is 2.33. The van der Waals surface area contributed by atoms with Crippen molar-refractivity contribution < 1.29 is 22.7 Å². The van der Waals surface area contributed by atoms with Crippen molar-refractivity contribution in [1.29, 1.82) is 0 Å². The van der Waals surface area contributed by atoms with Crippen LogP contribution in [0, 0.1) is 0 Å². The monoisotopic (exact) mass is 300 g/mol. The first kappa shape index (κ1) is 15.2. The lowest BCUT2D eigenvalue weighted by Gasteiger charge is -2.38. The van der Waals surface area contributed by atoms with Crippen LogP contribution in [0.25, 0.3) is 0 Å². The maximum Gasteiger partial charge on any atom is 0.416 e. The van der Waals surface area contributed by atoms with Gasteiger partial charge in [0.1, 0.15) is 11.9 Å². The lowest BCUT2D eigenvalue weighted by Crippen LogP contribution is -2.58. The van der Waals surface area contributed by atoms with Crippen LogP contribution < -0.4 is 10.1 Å². The highest BCUT2D eigenvalue weighted by Crippen LogP contribution is 2.31. The summed E-state index contributed by atoms with van der Waals surface area (Å²) < 4.78 is 43.1. The molecule has 4 nitrogen and oxygen atoms in total. The molecule has 1 fully saturated rings. The van der Waals surface area contributed by atoms with Crippen molar-refractivity contribution in [3.63, 3.8) is 0 Å². The van der Waals surface area contributed by atoms with Crippen molar-refractivity contribution in [3.8, 4) is 5.75 Å². The maximum absolute atomic E-state index is 12.6. The van der Waals surface area contributed by atoms with Gasteiger partial charge in [0.15, 0.2) is 0 Å². The summed E-state index contributed by atoms with van der Waals surface area (Å²) in [7, 11) is 0. The number of hydrogen-bond acceptors (Lipinski definition) is 2. The number of ether oxygens (including phenoxy) is 1. The molecule has 2 rings (SSSR count). The smallest absolute Gasteiger partial charge is 0.416 e. The fourth-order valence-corrected chi connectivity index (χ4v) is 1.89. The predicted molar refractivity (Wildman–Crippen MR) is 71.0 cm³/mol. The Morgan fingerprint density at radius 1 is 1.48 bits per heavy atom. The fraction of sp³-hybridized carbons (Fsp3) is 0.357. The second kappa shape index (κ2) is 6.07. The minimum Gasteiger partial charge on any atom is -0.487 e. The van der Waals surface area contributed by atoms with Gasteiger partial charge < -0.3 is 15.0 Å². The molecule has 0 radical (unpaired) electrons. The van der Waals surface area contributed by atoms with Gasteiger partial charge in [-0.25, -0.2) is 4.79 Å². The van der Waals surface area contributed by atoms with Crippen molar-refractivity contribution >= 4 is 6.03 Å². The van der Waals surface area contributed by atoms with Crippen molar-refractivity contribution in [3.05, 3.63) is 42.5 Å². The molecule has 2 amide bonds. The second-order valence-corrected chi connectivity index (χ2v) is 4.65. The number of alkyl halides is 3. The third kappa shape index (κ3) is 3.90. The number of benzene rings is 1. The molecule has 1 aliphatic rings. The molecule has 1 aliphatic heterocycles. The van der Waals surface area contributed by atoms with Crippen molar-refractivity contribution in [2.45, 2.75) is 12.3 Å². The quantitative estimate of drug-likeness (QED) is 0.869. The van der Waals surface area contributed by atoms with Crippen LogP contribution in [0.4, 0.5) is 18.0 Å². The average molecular weight is 300 g/mol. The van der Waals surface area contributed by atoms with E-state index in [2.05, 4.69) is 11.9 Å². The topological polar surface area (TPSA) is 41.6 Å². The molecule has 21 heavy (non-hydrogen) atoms. The van der Waals surface area contributed by atoms with E-state index in [4.69, 9.17) is 4.74 Å². The SMILES string of the molecule is C=CCNC(=O)N1CC(Oc2cccc(C(F)(F)F)c2)C1. The Morgan fingerprint density at radius 3 is 2.81 bits per heavy atom. The van der Waals surface area contributed by atoms with E-state index in [0.29, 0.717) is 19.6 Å². The van der Waals surface area contributed by atoms with Gasteiger partial charge in [-0.15, -0.1) is 6.58 Å². The van der Waals surface area contributed by atoms with E-state index in [1.807, 2.05) is 0 Å². The molecule has 1 aromatic rings. The summed E-state index contributed by atoms with van der Waals surface area (Å²) in [6.07, 6.45) is -3.12. The van der Waals surface area contributed by atoms with E-state index < -0.39 is 11.7 Å². The lowest BCUT2D eigenvalue weighted by molar-refractivity contribution is -0.137. The zero-order chi connectivity index (χ0) is 15.5. The largest absolute Gasteiger partial charge is 0.487 e. The zero-order valence-electron chi connectivity index (χ0n) is 11.2. The highest BCUT2D eigenvalue weighted by molar-refractivity contribution is 5.75. The summed E-state index contributed by atoms with van der Waals surface area (Å²) in [6.45, 7) is 4.55. The van der Waals surface area contributed by atoms with Gasteiger partial charge in [0, 0.05) is 6.54 Å². The number of rotatable bonds is 4. The molecule has 0 aliphatic carbocycles. The first-order valence-electron chi connectivity index (χ1n) is 6.37. The Bertz CT molecular complexity index is 525. The maximum atomic E-state index is 12.6. The van der Waals surface area contributed by atoms with Gasteiger partial charge in [0.05, 0.1) is 18.7 Å². The van der Waals surface area contributed by atoms with E-state index in [1.165, 1.54) is 17.0 Å². The van der Waals surface area contributed by atoms with Crippen LogP contribution in [-0.2, 0) is 6.18 Å². The molecular weight excluding hydrogens is 285 g/mol. The van der Waals surface area contributed by atoms with Gasteiger partial charge in [0.25, 0.3) is 0 Å². The Kier molecular flexibility index (Phi) is 4.40. The molecule has 1 aromatic carbocycles. The van der Waals surface area contributed by atoms with E-state index in [9.17, 15) is 18.0 Å². The van der Waals surface area contributed by atoms with E-state index in [1.54, 1.807) is 6.08 Å². The molecule has 114 valence electrons. The molecule has 1 N–H and O–H groups in total. The first-order valence-corrected chi connectivity index (χ1v) is 6.37. The number of nitrogens with one attached hydrogen (secondary N) is 1. The van der Waals surface area contributed by atoms with Crippen LogP contribution in [0.1, 0.15) is 5.56 Å². The Labute approximate surface area is 120 Å². The Balaban J connectivity index is 1.85. The lowest BCUT2D eigenvalue weighted by atomic mass is 10.1. The second-order valence-electron chi connectivity index (χ2n) is 4.65. The van der Waals surface area contributed by atoms with Gasteiger partial charge in [-0.3, -0.25) is 0 Å². The highest BCUT2D eigenvalue weighted by atomic mass is 19.4. The summed E-state index contributed by atoms with van der Waals surface area (Å²) in [6, 6.07) is 4.48. The van der Waals surface area contributed by atoms with Crippen LogP contribution in [0.2, 0.25) is 0 Å². The number of urea groups is 1. The summed E-state index contributed by atoms with van der Waals surface area (Å²) in [4.78, 5) is 13.0.